The van der Waals surface area contributed by atoms with Gasteiger partial charge in [0.25, 0.3) is 0 Å². The lowest BCUT2D eigenvalue weighted by Crippen LogP contribution is -2.42. The van der Waals surface area contributed by atoms with Gasteiger partial charge in [0.1, 0.15) is 11.5 Å². The third kappa shape index (κ3) is 3.17. The molecule has 0 amide bonds. The Balaban J connectivity index is 2.25. The van der Waals surface area contributed by atoms with Crippen molar-refractivity contribution in [2.45, 2.75) is 25.9 Å². The Hall–Kier alpha value is -1.86. The van der Waals surface area contributed by atoms with Crippen LogP contribution in [0.4, 0.5) is 19.1 Å². The van der Waals surface area contributed by atoms with Crippen LogP contribution in [0.3, 0.4) is 0 Å². The van der Waals surface area contributed by atoms with Crippen molar-refractivity contribution in [3.8, 4) is 0 Å². The average molecular weight is 287 g/mol. The number of nitrogen functional groups attached to an aromatic ring is 1. The van der Waals surface area contributed by atoms with Gasteiger partial charge in [-0.25, -0.2) is 9.97 Å². The first-order chi connectivity index (χ1) is 9.27. The highest BCUT2D eigenvalue weighted by Crippen LogP contribution is 2.34. The van der Waals surface area contributed by atoms with Crippen molar-refractivity contribution in [2.75, 3.05) is 18.0 Å². The van der Waals surface area contributed by atoms with Crippen molar-refractivity contribution in [1.29, 1.82) is 5.41 Å². The van der Waals surface area contributed by atoms with Gasteiger partial charge >= 0.3 is 6.18 Å². The van der Waals surface area contributed by atoms with Crippen LogP contribution >= 0.6 is 0 Å². The van der Waals surface area contributed by atoms with Crippen molar-refractivity contribution in [3.05, 3.63) is 17.5 Å². The first-order valence-corrected chi connectivity index (χ1v) is 6.29. The zero-order valence-corrected chi connectivity index (χ0v) is 11.0. The second-order valence-electron chi connectivity index (χ2n) is 4.94. The van der Waals surface area contributed by atoms with Gasteiger partial charge in [0.15, 0.2) is 0 Å². The molecule has 3 N–H and O–H groups in total. The molecule has 1 saturated heterocycles. The molecule has 0 spiro atoms. The predicted molar refractivity (Wildman–Crippen MR) is 68.8 cm³/mol. The molecule has 1 unspecified atom stereocenters. The van der Waals surface area contributed by atoms with Gasteiger partial charge < -0.3 is 10.6 Å². The summed E-state index contributed by atoms with van der Waals surface area (Å²) in [5.41, 5.74) is 6.19. The van der Waals surface area contributed by atoms with Crippen LogP contribution in [0.1, 0.15) is 24.2 Å². The normalized spacial score (nSPS) is 20.0. The van der Waals surface area contributed by atoms with Gasteiger partial charge in [-0.05, 0) is 25.8 Å². The lowest BCUT2D eigenvalue weighted by molar-refractivity contribution is -0.176. The number of nitrogens with zero attached hydrogens (tertiary/aromatic N) is 3. The van der Waals surface area contributed by atoms with Crippen LogP contribution < -0.4 is 10.6 Å². The van der Waals surface area contributed by atoms with Gasteiger partial charge in [0, 0.05) is 18.8 Å². The summed E-state index contributed by atoms with van der Waals surface area (Å²) in [5.74, 6) is -1.37. The van der Waals surface area contributed by atoms with Gasteiger partial charge in [0.05, 0.1) is 5.92 Å². The maximum Gasteiger partial charge on any atom is 0.393 e. The van der Waals surface area contributed by atoms with Gasteiger partial charge in [-0.3, -0.25) is 5.41 Å². The Morgan fingerprint density at radius 1 is 1.45 bits per heavy atom. The Bertz CT molecular complexity index is 514. The van der Waals surface area contributed by atoms with Crippen molar-refractivity contribution in [3.63, 3.8) is 0 Å². The summed E-state index contributed by atoms with van der Waals surface area (Å²) in [5, 5.41) is 7.37. The summed E-state index contributed by atoms with van der Waals surface area (Å²) in [6.45, 7) is 2.03. The highest BCUT2D eigenvalue weighted by Gasteiger charge is 2.42. The second-order valence-corrected chi connectivity index (χ2v) is 4.94. The number of aromatic nitrogens is 2. The number of nitrogens with one attached hydrogen (secondary N) is 1. The van der Waals surface area contributed by atoms with E-state index in [-0.39, 0.29) is 30.4 Å². The number of halogens is 3. The summed E-state index contributed by atoms with van der Waals surface area (Å²) in [4.78, 5) is 9.74. The van der Waals surface area contributed by atoms with E-state index in [1.54, 1.807) is 6.92 Å². The van der Waals surface area contributed by atoms with Crippen LogP contribution in [0.25, 0.3) is 0 Å². The minimum Gasteiger partial charge on any atom is -0.382 e. The van der Waals surface area contributed by atoms with E-state index in [1.807, 2.05) is 0 Å². The first-order valence-electron chi connectivity index (χ1n) is 6.29. The molecule has 110 valence electrons. The van der Waals surface area contributed by atoms with Gasteiger partial charge in [-0.15, -0.1) is 0 Å². The van der Waals surface area contributed by atoms with Gasteiger partial charge in [-0.2, -0.15) is 13.2 Å². The van der Waals surface area contributed by atoms with Gasteiger partial charge in [0.2, 0.25) is 5.95 Å². The molecule has 1 atom stereocenters. The molecule has 2 heterocycles. The number of piperidine rings is 1. The maximum absolute atomic E-state index is 12.8. The molecule has 1 aliphatic heterocycles. The lowest BCUT2D eigenvalue weighted by atomic mass is 9.98. The molecule has 1 fully saturated rings. The minimum absolute atomic E-state index is 0.130. The Morgan fingerprint density at radius 3 is 2.75 bits per heavy atom. The van der Waals surface area contributed by atoms with Crippen LogP contribution in [-0.4, -0.2) is 35.1 Å². The van der Waals surface area contributed by atoms with E-state index in [1.165, 1.54) is 11.0 Å². The van der Waals surface area contributed by atoms with Crippen molar-refractivity contribution in [2.24, 2.45) is 11.7 Å². The van der Waals surface area contributed by atoms with E-state index in [2.05, 4.69) is 9.97 Å². The fourth-order valence-corrected chi connectivity index (χ4v) is 2.26. The third-order valence-electron chi connectivity index (χ3n) is 3.29. The summed E-state index contributed by atoms with van der Waals surface area (Å²) in [6.07, 6.45) is -3.63. The first kappa shape index (κ1) is 14.5. The standard InChI is InChI=1S/C12H16F3N5/c1-7-5-9(10(16)17)19-11(18-7)20-4-2-3-8(6-20)12(13,14)15/h5,8H,2-4,6H2,1H3,(H3,16,17). The molecular weight excluding hydrogens is 271 g/mol. The lowest BCUT2D eigenvalue weighted by Gasteiger charge is -2.33. The predicted octanol–water partition coefficient (Wildman–Crippen LogP) is 1.85. The van der Waals surface area contributed by atoms with E-state index in [0.717, 1.165) is 0 Å². The fraction of sp³-hybridized carbons (Fsp3) is 0.583. The molecule has 1 aromatic heterocycles. The van der Waals surface area contributed by atoms with Crippen LogP contribution in [0.5, 0.6) is 0 Å². The third-order valence-corrected chi connectivity index (χ3v) is 3.29. The Morgan fingerprint density at radius 2 is 2.15 bits per heavy atom. The monoisotopic (exact) mass is 287 g/mol. The SMILES string of the molecule is Cc1cc(C(=N)N)nc(N2CCCC(C(F)(F)F)C2)n1. The zero-order valence-electron chi connectivity index (χ0n) is 11.0. The van der Waals surface area contributed by atoms with E-state index in [4.69, 9.17) is 11.1 Å². The average Bonchev–Trinajstić information content (AvgIpc) is 2.37. The highest BCUT2D eigenvalue weighted by molar-refractivity contribution is 5.93. The van der Waals surface area contributed by atoms with E-state index in [0.29, 0.717) is 18.7 Å². The largest absolute Gasteiger partial charge is 0.393 e. The fourth-order valence-electron chi connectivity index (χ4n) is 2.26. The Kier molecular flexibility index (Phi) is 3.82. The molecule has 20 heavy (non-hydrogen) atoms. The molecule has 1 aliphatic rings. The zero-order chi connectivity index (χ0) is 14.9. The second kappa shape index (κ2) is 5.26. The summed E-state index contributed by atoms with van der Waals surface area (Å²) < 4.78 is 38.4. The molecule has 0 saturated carbocycles. The van der Waals surface area contributed by atoms with Gasteiger partial charge in [-0.1, -0.05) is 0 Å². The molecule has 5 nitrogen and oxygen atoms in total. The molecule has 0 radical (unpaired) electrons. The minimum atomic E-state index is -4.20. The smallest absolute Gasteiger partial charge is 0.382 e. The molecule has 2 rings (SSSR count). The number of aryl methyl sites for hydroxylation is 1. The maximum atomic E-state index is 12.8. The molecule has 0 bridgehead atoms. The van der Waals surface area contributed by atoms with Crippen LogP contribution in [-0.2, 0) is 0 Å². The number of rotatable bonds is 2. The van der Waals surface area contributed by atoms with Crippen molar-refractivity contribution >= 4 is 11.8 Å². The van der Waals surface area contributed by atoms with E-state index < -0.39 is 12.1 Å². The molecule has 8 heteroatoms. The van der Waals surface area contributed by atoms with Crippen LogP contribution in [0.15, 0.2) is 6.07 Å². The summed E-state index contributed by atoms with van der Waals surface area (Å²) in [7, 11) is 0. The quantitative estimate of drug-likeness (QED) is 0.642. The van der Waals surface area contributed by atoms with Crippen LogP contribution in [0.2, 0.25) is 0 Å². The van der Waals surface area contributed by atoms with Crippen LogP contribution in [0, 0.1) is 18.3 Å². The van der Waals surface area contributed by atoms with E-state index in [9.17, 15) is 13.2 Å². The van der Waals surface area contributed by atoms with Crippen molar-refractivity contribution in [1.82, 2.24) is 9.97 Å². The number of alkyl halides is 3. The molecule has 1 aromatic rings. The number of nitrogens with two attached hydrogens (primary N) is 1. The topological polar surface area (TPSA) is 78.9 Å². The highest BCUT2D eigenvalue weighted by atomic mass is 19.4. The summed E-state index contributed by atoms with van der Waals surface area (Å²) >= 11 is 0. The number of hydrogen-bond acceptors (Lipinski definition) is 4. The van der Waals surface area contributed by atoms with E-state index >= 15 is 0 Å². The molecule has 0 aromatic carbocycles. The Labute approximate surface area is 114 Å². The number of hydrogen-bond donors (Lipinski definition) is 2. The number of anilines is 1. The summed E-state index contributed by atoms with van der Waals surface area (Å²) in [6, 6.07) is 1.54. The number of amidine groups is 1. The molecule has 0 aliphatic carbocycles. The molecular formula is C12H16F3N5. The van der Waals surface area contributed by atoms with Crippen molar-refractivity contribution < 1.29 is 13.2 Å².